The van der Waals surface area contributed by atoms with Crippen LogP contribution in [0.15, 0.2) is 34.2 Å². The first-order valence-corrected chi connectivity index (χ1v) is 10.4. The highest BCUT2D eigenvalue weighted by atomic mass is 32.2. The van der Waals surface area contributed by atoms with Gasteiger partial charge in [-0.3, -0.25) is 9.59 Å². The van der Waals surface area contributed by atoms with Crippen molar-refractivity contribution in [3.8, 4) is 11.1 Å². The molecule has 0 saturated heterocycles. The van der Waals surface area contributed by atoms with Crippen LogP contribution in [0, 0.1) is 6.92 Å². The molecule has 1 aromatic carbocycles. The molecule has 3 N–H and O–H groups in total. The van der Waals surface area contributed by atoms with Gasteiger partial charge in [0.15, 0.2) is 5.16 Å². The molecule has 7 heteroatoms. The van der Waals surface area contributed by atoms with E-state index < -0.39 is 11.2 Å². The molecule has 0 saturated carbocycles. The van der Waals surface area contributed by atoms with Crippen molar-refractivity contribution >= 4 is 39.2 Å². The predicted octanol–water partition coefficient (Wildman–Crippen LogP) is 4.22. The molecular weight excluding hydrogens is 378 g/mol. The molecule has 0 aliphatic rings. The number of carbonyl (C=O) groups excluding carboxylic acids is 1. The van der Waals surface area contributed by atoms with Crippen LogP contribution >= 0.6 is 23.1 Å². The summed E-state index contributed by atoms with van der Waals surface area (Å²) in [6, 6.07) is 8.34. The van der Waals surface area contributed by atoms with Crippen molar-refractivity contribution < 1.29 is 4.79 Å². The van der Waals surface area contributed by atoms with Crippen LogP contribution in [0.1, 0.15) is 38.1 Å². The van der Waals surface area contributed by atoms with E-state index in [0.717, 1.165) is 27.8 Å². The fourth-order valence-corrected chi connectivity index (χ4v) is 4.72. The van der Waals surface area contributed by atoms with Crippen molar-refractivity contribution in [3.05, 3.63) is 45.1 Å². The number of H-pyrrole nitrogens is 1. The van der Waals surface area contributed by atoms with Gasteiger partial charge in [-0.2, -0.15) is 0 Å². The average molecular weight is 402 g/mol. The minimum absolute atomic E-state index is 0.0760. The summed E-state index contributed by atoms with van der Waals surface area (Å²) < 4.78 is 0. The number of thiophene rings is 1. The quantitative estimate of drug-likeness (QED) is 0.506. The maximum Gasteiger partial charge on any atom is 0.260 e. The molecule has 0 fully saturated rings. The van der Waals surface area contributed by atoms with Crippen LogP contribution in [0.4, 0.5) is 0 Å². The number of aryl methyl sites for hydroxylation is 1. The van der Waals surface area contributed by atoms with E-state index in [0.29, 0.717) is 15.4 Å². The molecule has 0 spiro atoms. The number of nitrogens with one attached hydrogen (secondary N) is 1. The highest BCUT2D eigenvalue weighted by Gasteiger charge is 2.20. The lowest BCUT2D eigenvalue weighted by atomic mass is 9.86. The lowest BCUT2D eigenvalue weighted by Gasteiger charge is -2.19. The molecule has 1 unspecified atom stereocenters. The molecule has 2 heterocycles. The van der Waals surface area contributed by atoms with Crippen LogP contribution in [0.25, 0.3) is 21.3 Å². The van der Waals surface area contributed by atoms with Gasteiger partial charge in [-0.1, -0.05) is 56.8 Å². The molecule has 5 nitrogen and oxygen atoms in total. The maximum absolute atomic E-state index is 12.8. The molecule has 27 heavy (non-hydrogen) atoms. The van der Waals surface area contributed by atoms with Crippen molar-refractivity contribution in [2.45, 2.75) is 50.4 Å². The SMILES string of the molecule is Cc1sc2nc(SC(C)C(N)=O)[nH]c(=O)c2c1-c1ccc(C(C)(C)C)cc1. The van der Waals surface area contributed by atoms with Crippen LogP contribution in [-0.2, 0) is 10.2 Å². The zero-order valence-corrected chi connectivity index (χ0v) is 17.7. The van der Waals surface area contributed by atoms with E-state index in [1.165, 1.54) is 16.9 Å². The molecule has 3 rings (SSSR count). The van der Waals surface area contributed by atoms with Gasteiger partial charge in [0, 0.05) is 10.4 Å². The standard InChI is InChI=1S/C20H23N3O2S2/c1-10-14(12-6-8-13(9-7-12)20(3,4)5)15-17(25)22-19(23-18(15)26-10)27-11(2)16(21)24/h6-9,11H,1-5H3,(H2,21,24)(H,22,23,25). The first kappa shape index (κ1) is 19.6. The Balaban J connectivity index is 2.08. The zero-order valence-electron chi connectivity index (χ0n) is 16.0. The van der Waals surface area contributed by atoms with Gasteiger partial charge in [-0.15, -0.1) is 11.3 Å². The smallest absolute Gasteiger partial charge is 0.260 e. The zero-order chi connectivity index (χ0) is 19.9. The number of nitrogens with two attached hydrogens (primary N) is 1. The molecule has 0 aliphatic carbocycles. The molecular formula is C20H23N3O2S2. The number of aromatic nitrogens is 2. The van der Waals surface area contributed by atoms with E-state index in [4.69, 9.17) is 5.73 Å². The van der Waals surface area contributed by atoms with Gasteiger partial charge >= 0.3 is 0 Å². The monoisotopic (exact) mass is 401 g/mol. The largest absolute Gasteiger partial charge is 0.369 e. The van der Waals surface area contributed by atoms with E-state index in [2.05, 4.69) is 55.0 Å². The maximum atomic E-state index is 12.8. The molecule has 0 aliphatic heterocycles. The second kappa shape index (κ2) is 7.13. The van der Waals surface area contributed by atoms with Crippen molar-refractivity contribution in [2.24, 2.45) is 5.73 Å². The van der Waals surface area contributed by atoms with Gasteiger partial charge in [-0.25, -0.2) is 4.98 Å². The fraction of sp³-hybridized carbons (Fsp3) is 0.350. The molecule has 0 bridgehead atoms. The van der Waals surface area contributed by atoms with Gasteiger partial charge in [0.25, 0.3) is 5.56 Å². The van der Waals surface area contributed by atoms with Crippen molar-refractivity contribution in [1.82, 2.24) is 9.97 Å². The number of nitrogens with zero attached hydrogens (tertiary/aromatic N) is 1. The normalized spacial score (nSPS) is 13.1. The van der Waals surface area contributed by atoms with E-state index in [1.54, 1.807) is 6.92 Å². The van der Waals surface area contributed by atoms with Crippen molar-refractivity contribution in [1.29, 1.82) is 0 Å². The van der Waals surface area contributed by atoms with Gasteiger partial charge < -0.3 is 10.7 Å². The molecule has 3 aromatic rings. The first-order valence-electron chi connectivity index (χ1n) is 8.68. The van der Waals surface area contributed by atoms with Crippen LogP contribution in [0.3, 0.4) is 0 Å². The van der Waals surface area contributed by atoms with Crippen LogP contribution in [-0.4, -0.2) is 21.1 Å². The third kappa shape index (κ3) is 3.94. The molecule has 2 aromatic heterocycles. The van der Waals surface area contributed by atoms with Gasteiger partial charge in [-0.05, 0) is 30.4 Å². The Bertz CT molecular complexity index is 1060. The van der Waals surface area contributed by atoms with E-state index >= 15 is 0 Å². The van der Waals surface area contributed by atoms with Crippen LogP contribution < -0.4 is 11.3 Å². The van der Waals surface area contributed by atoms with Gasteiger partial charge in [0.2, 0.25) is 5.91 Å². The second-order valence-corrected chi connectivity index (χ2v) is 10.1. The van der Waals surface area contributed by atoms with Crippen LogP contribution in [0.5, 0.6) is 0 Å². The highest BCUT2D eigenvalue weighted by molar-refractivity contribution is 8.00. The number of hydrogen-bond acceptors (Lipinski definition) is 5. The Morgan fingerprint density at radius 3 is 2.44 bits per heavy atom. The van der Waals surface area contributed by atoms with Crippen molar-refractivity contribution in [2.75, 3.05) is 0 Å². The number of rotatable bonds is 4. The van der Waals surface area contributed by atoms with Crippen molar-refractivity contribution in [3.63, 3.8) is 0 Å². The fourth-order valence-electron chi connectivity index (χ4n) is 2.87. The number of aromatic amines is 1. The Morgan fingerprint density at radius 2 is 1.89 bits per heavy atom. The number of thioether (sulfide) groups is 1. The average Bonchev–Trinajstić information content (AvgIpc) is 2.90. The summed E-state index contributed by atoms with van der Waals surface area (Å²) in [4.78, 5) is 33.1. The topological polar surface area (TPSA) is 88.8 Å². The summed E-state index contributed by atoms with van der Waals surface area (Å²) in [6.45, 7) is 10.2. The molecule has 142 valence electrons. The summed E-state index contributed by atoms with van der Waals surface area (Å²) in [6.07, 6.45) is 0. The first-order chi connectivity index (χ1) is 12.6. The number of carbonyl (C=O) groups is 1. The lowest BCUT2D eigenvalue weighted by molar-refractivity contribution is -0.117. The second-order valence-electron chi connectivity index (χ2n) is 7.57. The number of hydrogen-bond donors (Lipinski definition) is 2. The Hall–Kier alpha value is -2.12. The molecule has 0 radical (unpaired) electrons. The third-order valence-corrected chi connectivity index (χ3v) is 6.45. The van der Waals surface area contributed by atoms with E-state index in [1.807, 2.05) is 6.92 Å². The van der Waals surface area contributed by atoms with Crippen LogP contribution in [0.2, 0.25) is 0 Å². The Kier molecular flexibility index (Phi) is 5.18. The third-order valence-electron chi connectivity index (χ3n) is 4.44. The highest BCUT2D eigenvalue weighted by Crippen LogP contribution is 2.37. The number of amides is 1. The van der Waals surface area contributed by atoms with Gasteiger partial charge in [0.1, 0.15) is 4.83 Å². The number of primary amides is 1. The number of benzene rings is 1. The summed E-state index contributed by atoms with van der Waals surface area (Å²) in [5.41, 5.74) is 8.35. The van der Waals surface area contributed by atoms with Gasteiger partial charge in [0.05, 0.1) is 10.6 Å². The Labute approximate surface area is 166 Å². The van der Waals surface area contributed by atoms with E-state index in [-0.39, 0.29) is 11.0 Å². The summed E-state index contributed by atoms with van der Waals surface area (Å²) in [7, 11) is 0. The molecule has 1 amide bonds. The summed E-state index contributed by atoms with van der Waals surface area (Å²) >= 11 is 2.65. The Morgan fingerprint density at radius 1 is 1.26 bits per heavy atom. The summed E-state index contributed by atoms with van der Waals surface area (Å²) in [5.74, 6) is -0.440. The number of fused-ring (bicyclic) bond motifs is 1. The predicted molar refractivity (Wildman–Crippen MR) is 114 cm³/mol. The minimum Gasteiger partial charge on any atom is -0.369 e. The minimum atomic E-state index is -0.462. The van der Waals surface area contributed by atoms with E-state index in [9.17, 15) is 9.59 Å². The molecule has 1 atom stereocenters. The lowest BCUT2D eigenvalue weighted by Crippen LogP contribution is -2.23. The summed E-state index contributed by atoms with van der Waals surface area (Å²) in [5, 5.41) is 0.544.